The molecule has 0 bridgehead atoms. The lowest BCUT2D eigenvalue weighted by molar-refractivity contribution is -0.137. The molecule has 6 heteroatoms. The summed E-state index contributed by atoms with van der Waals surface area (Å²) < 4.78 is 5.54. The number of carbonyl (C=O) groups is 2. The fraction of sp³-hybridized carbons (Fsp3) is 0.789. The maximum atomic E-state index is 12.7. The van der Waals surface area contributed by atoms with Crippen LogP contribution in [0.4, 0.5) is 4.79 Å². The fourth-order valence-corrected chi connectivity index (χ4v) is 4.25. The Morgan fingerprint density at radius 2 is 1.60 bits per heavy atom. The van der Waals surface area contributed by atoms with Gasteiger partial charge >= 0.3 is 6.03 Å². The van der Waals surface area contributed by atoms with Gasteiger partial charge in [0.25, 0.3) is 0 Å². The second-order valence-corrected chi connectivity index (χ2v) is 7.52. The lowest BCUT2D eigenvalue weighted by Crippen LogP contribution is -2.52. The first-order valence-corrected chi connectivity index (χ1v) is 9.77. The van der Waals surface area contributed by atoms with Gasteiger partial charge in [0.1, 0.15) is 0 Å². The maximum Gasteiger partial charge on any atom is 0.315 e. The summed E-state index contributed by atoms with van der Waals surface area (Å²) in [6, 6.07) is 0.434. The molecule has 2 heterocycles. The Balaban J connectivity index is 1.40. The number of hydrogen-bond donors (Lipinski definition) is 2. The Kier molecular flexibility index (Phi) is 6.34. The zero-order chi connectivity index (χ0) is 17.6. The van der Waals surface area contributed by atoms with Gasteiger partial charge in [-0.2, -0.15) is 0 Å². The van der Waals surface area contributed by atoms with Gasteiger partial charge in [0.2, 0.25) is 5.91 Å². The van der Waals surface area contributed by atoms with Crippen molar-refractivity contribution in [2.24, 2.45) is 5.92 Å². The third kappa shape index (κ3) is 4.75. The number of piperidine rings is 1. The van der Waals surface area contributed by atoms with Gasteiger partial charge in [-0.05, 0) is 32.1 Å². The van der Waals surface area contributed by atoms with Crippen LogP contribution in [0.15, 0.2) is 12.7 Å². The average molecular weight is 349 g/mol. The van der Waals surface area contributed by atoms with Gasteiger partial charge in [-0.25, -0.2) is 4.79 Å². The van der Waals surface area contributed by atoms with E-state index in [1.165, 1.54) is 19.3 Å². The van der Waals surface area contributed by atoms with Crippen LogP contribution in [-0.4, -0.2) is 54.7 Å². The van der Waals surface area contributed by atoms with Gasteiger partial charge in [-0.15, -0.1) is 6.58 Å². The number of nitrogens with zero attached hydrogens (tertiary/aromatic N) is 1. The summed E-state index contributed by atoms with van der Waals surface area (Å²) in [5.41, 5.74) is 0. The van der Waals surface area contributed by atoms with Crippen molar-refractivity contribution in [3.05, 3.63) is 12.7 Å². The number of rotatable bonds is 4. The van der Waals surface area contributed by atoms with Crippen molar-refractivity contribution in [3.8, 4) is 0 Å². The molecular formula is C19H31N3O3. The number of likely N-dealkylation sites (tertiary alicyclic amines) is 1. The zero-order valence-corrected chi connectivity index (χ0v) is 15.0. The normalized spacial score (nSPS) is 28.6. The van der Waals surface area contributed by atoms with E-state index in [0.717, 1.165) is 32.1 Å². The smallest absolute Gasteiger partial charge is 0.315 e. The van der Waals surface area contributed by atoms with E-state index in [4.69, 9.17) is 4.74 Å². The average Bonchev–Trinajstić information content (AvgIpc) is 3.11. The van der Waals surface area contributed by atoms with E-state index in [2.05, 4.69) is 17.2 Å². The maximum absolute atomic E-state index is 12.7. The van der Waals surface area contributed by atoms with Gasteiger partial charge in [0.05, 0.1) is 12.0 Å². The van der Waals surface area contributed by atoms with Crippen molar-refractivity contribution in [1.29, 1.82) is 0 Å². The van der Waals surface area contributed by atoms with Gasteiger partial charge in [0.15, 0.2) is 0 Å². The van der Waals surface area contributed by atoms with Crippen molar-refractivity contribution in [1.82, 2.24) is 15.5 Å². The quantitative estimate of drug-likeness (QED) is 0.765. The lowest BCUT2D eigenvalue weighted by Gasteiger charge is -2.34. The molecule has 2 atom stereocenters. The van der Waals surface area contributed by atoms with Crippen LogP contribution in [0.2, 0.25) is 0 Å². The first kappa shape index (κ1) is 18.2. The molecule has 3 rings (SSSR count). The zero-order valence-electron chi connectivity index (χ0n) is 15.0. The highest BCUT2D eigenvalue weighted by Crippen LogP contribution is 2.25. The highest BCUT2D eigenvalue weighted by atomic mass is 16.5. The third-order valence-electron chi connectivity index (χ3n) is 5.77. The molecule has 0 aromatic heterocycles. The molecule has 2 N–H and O–H groups in total. The predicted octanol–water partition coefficient (Wildman–Crippen LogP) is 2.20. The molecule has 3 amide bonds. The molecule has 3 aliphatic rings. The molecule has 140 valence electrons. The minimum Gasteiger partial charge on any atom is -0.373 e. The summed E-state index contributed by atoms with van der Waals surface area (Å²) in [5.74, 6) is 0.0871. The van der Waals surface area contributed by atoms with Crippen LogP contribution in [-0.2, 0) is 9.53 Å². The first-order chi connectivity index (χ1) is 12.2. The number of carbonyl (C=O) groups excluding carboxylic acids is 2. The molecule has 0 aromatic rings. The van der Waals surface area contributed by atoms with Gasteiger partial charge < -0.3 is 20.3 Å². The Morgan fingerprint density at radius 1 is 0.960 bits per heavy atom. The highest BCUT2D eigenvalue weighted by Gasteiger charge is 2.36. The van der Waals surface area contributed by atoms with Crippen LogP contribution in [0.3, 0.4) is 0 Å². The minimum absolute atomic E-state index is 0.0485. The first-order valence-electron chi connectivity index (χ1n) is 9.77. The second-order valence-electron chi connectivity index (χ2n) is 7.52. The van der Waals surface area contributed by atoms with Gasteiger partial charge in [-0.1, -0.05) is 25.3 Å². The number of nitrogens with one attached hydrogen (secondary N) is 2. The molecule has 0 aromatic carbocycles. The van der Waals surface area contributed by atoms with Crippen molar-refractivity contribution in [3.63, 3.8) is 0 Å². The van der Waals surface area contributed by atoms with Crippen LogP contribution >= 0.6 is 0 Å². The van der Waals surface area contributed by atoms with Crippen LogP contribution in [0.5, 0.6) is 0 Å². The van der Waals surface area contributed by atoms with Crippen molar-refractivity contribution in [2.75, 3.05) is 19.7 Å². The van der Waals surface area contributed by atoms with E-state index in [9.17, 15) is 9.59 Å². The summed E-state index contributed by atoms with van der Waals surface area (Å²) in [7, 11) is 0. The van der Waals surface area contributed by atoms with Gasteiger partial charge in [0, 0.05) is 31.8 Å². The van der Waals surface area contributed by atoms with E-state index >= 15 is 0 Å². The molecule has 2 saturated heterocycles. The summed E-state index contributed by atoms with van der Waals surface area (Å²) in [6.45, 7) is 5.80. The van der Waals surface area contributed by atoms with E-state index in [-0.39, 0.29) is 30.0 Å². The van der Waals surface area contributed by atoms with E-state index in [1.54, 1.807) is 6.08 Å². The minimum atomic E-state index is -0.149. The molecule has 1 saturated carbocycles. The Bertz CT molecular complexity index is 482. The molecular weight excluding hydrogens is 318 g/mol. The monoisotopic (exact) mass is 349 g/mol. The molecule has 2 aliphatic heterocycles. The molecule has 25 heavy (non-hydrogen) atoms. The highest BCUT2D eigenvalue weighted by molar-refractivity contribution is 5.80. The lowest BCUT2D eigenvalue weighted by atomic mass is 9.95. The number of amides is 3. The van der Waals surface area contributed by atoms with Crippen LogP contribution in [0, 0.1) is 5.92 Å². The molecule has 3 fully saturated rings. The molecule has 0 unspecified atom stereocenters. The Morgan fingerprint density at radius 3 is 2.24 bits per heavy atom. The number of hydrogen-bond acceptors (Lipinski definition) is 3. The third-order valence-corrected chi connectivity index (χ3v) is 5.77. The number of urea groups is 1. The van der Waals surface area contributed by atoms with Crippen LogP contribution in [0.1, 0.15) is 51.4 Å². The molecule has 6 nitrogen and oxygen atoms in total. The summed E-state index contributed by atoms with van der Waals surface area (Å²) in [5, 5.41) is 6.19. The summed E-state index contributed by atoms with van der Waals surface area (Å²) in [6.07, 6.45) is 9.88. The largest absolute Gasteiger partial charge is 0.373 e. The standard InChI is InChI=1S/C19H31N3O3/c1-2-17-16(10-13-25-17)18(23)22-11-8-15(9-12-22)21-19(24)20-14-6-4-3-5-7-14/h2,14-17H,1,3-13H2,(H2,20,21,24)/t16-,17+/m1/s1. The SMILES string of the molecule is C=C[C@@H]1OCC[C@H]1C(=O)N1CCC(NC(=O)NC2CCCCC2)CC1. The molecule has 1 aliphatic carbocycles. The van der Waals surface area contributed by atoms with E-state index in [1.807, 2.05) is 4.90 Å². The van der Waals surface area contributed by atoms with Crippen molar-refractivity contribution < 1.29 is 14.3 Å². The predicted molar refractivity (Wildman–Crippen MR) is 96.2 cm³/mol. The van der Waals surface area contributed by atoms with Crippen molar-refractivity contribution in [2.45, 2.75) is 69.6 Å². The molecule has 0 spiro atoms. The number of ether oxygens (including phenoxy) is 1. The van der Waals surface area contributed by atoms with Crippen molar-refractivity contribution >= 4 is 11.9 Å². The van der Waals surface area contributed by atoms with E-state index in [0.29, 0.717) is 25.7 Å². The van der Waals surface area contributed by atoms with Crippen LogP contribution < -0.4 is 10.6 Å². The Labute approximate surface area is 150 Å². The Hall–Kier alpha value is -1.56. The van der Waals surface area contributed by atoms with Gasteiger partial charge in [-0.3, -0.25) is 4.79 Å². The fourth-order valence-electron chi connectivity index (χ4n) is 4.25. The van der Waals surface area contributed by atoms with E-state index < -0.39 is 0 Å². The second kappa shape index (κ2) is 8.70. The molecule has 0 radical (unpaired) electrons. The van der Waals surface area contributed by atoms with Crippen LogP contribution in [0.25, 0.3) is 0 Å². The summed E-state index contributed by atoms with van der Waals surface area (Å²) >= 11 is 0. The topological polar surface area (TPSA) is 70.7 Å². The summed E-state index contributed by atoms with van der Waals surface area (Å²) in [4.78, 5) is 26.7.